The molecule has 2 atom stereocenters. The molecule has 0 fully saturated rings. The fourth-order valence-corrected chi connectivity index (χ4v) is 5.64. The van der Waals surface area contributed by atoms with Gasteiger partial charge >= 0.3 is 25.7 Å². The zero-order valence-corrected chi connectivity index (χ0v) is 31.0. The summed E-state index contributed by atoms with van der Waals surface area (Å²) in [5.74, 6) is -1.08. The fraction of sp³-hybridized carbons (Fsp3) is 0.917. The van der Waals surface area contributed by atoms with Crippen LogP contribution < -0.4 is 0 Å². The molecule has 0 rings (SSSR count). The Labute approximate surface area is 286 Å². The molecule has 278 valence electrons. The first-order valence-electron chi connectivity index (χ1n) is 18.8. The summed E-state index contributed by atoms with van der Waals surface area (Å²) in [6.07, 6.45) is 24.5. The smallest absolute Gasteiger partial charge is 0.462 e. The maximum Gasteiger partial charge on any atom is 0.471 e. The minimum absolute atomic E-state index is 0.126. The van der Waals surface area contributed by atoms with Gasteiger partial charge in [0.15, 0.2) is 6.10 Å². The van der Waals surface area contributed by atoms with E-state index < -0.39 is 19.9 Å². The van der Waals surface area contributed by atoms with Crippen molar-refractivity contribution in [2.24, 2.45) is 0 Å². The Morgan fingerprint density at radius 3 is 1.26 bits per heavy atom. The predicted octanol–water partition coefficient (Wildman–Crippen LogP) is 9.93. The molecule has 0 aliphatic rings. The van der Waals surface area contributed by atoms with Gasteiger partial charge in [0.1, 0.15) is 13.2 Å². The summed E-state index contributed by atoms with van der Waals surface area (Å²) >= 11 is 0. The van der Waals surface area contributed by atoms with Gasteiger partial charge in [-0.15, -0.1) is 0 Å². The van der Waals surface area contributed by atoms with Crippen LogP contribution in [0.1, 0.15) is 181 Å². The molecule has 47 heavy (non-hydrogen) atoms. The van der Waals surface area contributed by atoms with E-state index in [0.29, 0.717) is 25.7 Å². The highest BCUT2D eigenvalue weighted by atomic mass is 31.2. The molecule has 10 nitrogen and oxygen atoms in total. The van der Waals surface area contributed by atoms with Crippen LogP contribution in [0.3, 0.4) is 0 Å². The van der Waals surface area contributed by atoms with Gasteiger partial charge in [-0.1, -0.05) is 136 Å². The van der Waals surface area contributed by atoms with Crippen LogP contribution >= 0.6 is 7.82 Å². The van der Waals surface area contributed by atoms with Crippen LogP contribution in [-0.4, -0.2) is 55.8 Å². The van der Waals surface area contributed by atoms with Crippen LogP contribution in [0.25, 0.3) is 0 Å². The van der Waals surface area contributed by atoms with E-state index in [1.807, 2.05) is 0 Å². The molecular formula is C36H69O10P. The van der Waals surface area contributed by atoms with E-state index >= 15 is 0 Å². The van der Waals surface area contributed by atoms with Crippen molar-refractivity contribution in [3.63, 3.8) is 0 Å². The molecule has 0 amide bonds. The van der Waals surface area contributed by atoms with Crippen molar-refractivity contribution in [1.29, 1.82) is 0 Å². The molecule has 0 bridgehead atoms. The van der Waals surface area contributed by atoms with E-state index in [1.54, 1.807) is 0 Å². The molecule has 0 saturated heterocycles. The van der Waals surface area contributed by atoms with Gasteiger partial charge in [0.25, 0.3) is 0 Å². The molecule has 0 heterocycles. The number of esters is 3. The minimum atomic E-state index is -3.93. The lowest BCUT2D eigenvalue weighted by molar-refractivity contribution is -0.167. The molecule has 0 spiro atoms. The number of unbranched alkanes of at least 4 members (excludes halogenated alkanes) is 20. The van der Waals surface area contributed by atoms with Crippen molar-refractivity contribution in [2.45, 2.75) is 187 Å². The predicted molar refractivity (Wildman–Crippen MR) is 186 cm³/mol. The monoisotopic (exact) mass is 692 g/mol. The van der Waals surface area contributed by atoms with Crippen LogP contribution in [0.4, 0.5) is 0 Å². The molecule has 0 radical (unpaired) electrons. The molecule has 0 aliphatic heterocycles. The van der Waals surface area contributed by atoms with Crippen molar-refractivity contribution >= 4 is 25.7 Å². The summed E-state index contributed by atoms with van der Waals surface area (Å²) in [6.45, 7) is 4.29. The number of phosphoric acid groups is 1. The minimum Gasteiger partial charge on any atom is -0.462 e. The van der Waals surface area contributed by atoms with Gasteiger partial charge in [0, 0.05) is 26.4 Å². The maximum absolute atomic E-state index is 12.5. The van der Waals surface area contributed by atoms with Gasteiger partial charge in [-0.25, -0.2) is 4.57 Å². The number of hydrogen-bond donors (Lipinski definition) is 1. The maximum atomic E-state index is 12.5. The molecule has 1 unspecified atom stereocenters. The Morgan fingerprint density at radius 1 is 0.532 bits per heavy atom. The molecule has 0 aromatic carbocycles. The van der Waals surface area contributed by atoms with Crippen molar-refractivity contribution in [1.82, 2.24) is 0 Å². The van der Waals surface area contributed by atoms with Crippen molar-refractivity contribution in [3.05, 3.63) is 0 Å². The molecule has 0 aromatic rings. The Kier molecular flexibility index (Phi) is 32.0. The average molecular weight is 693 g/mol. The highest BCUT2D eigenvalue weighted by Gasteiger charge is 2.20. The Morgan fingerprint density at radius 2 is 0.872 bits per heavy atom. The quantitative estimate of drug-likeness (QED) is 0.0296. The second-order valence-electron chi connectivity index (χ2n) is 12.6. The highest BCUT2D eigenvalue weighted by molar-refractivity contribution is 7.47. The summed E-state index contributed by atoms with van der Waals surface area (Å²) in [4.78, 5) is 46.5. The first-order valence-corrected chi connectivity index (χ1v) is 20.3. The number of phosphoric ester groups is 1. The van der Waals surface area contributed by atoms with Gasteiger partial charge in [0.05, 0.1) is 6.61 Å². The number of rotatable bonds is 35. The SMILES string of the molecule is CCCCCCCCCCCC(=O)OC[C@H](COC(=O)CCCCCCCOP(=O)(O)OC)OC(=O)CCCCCCCCCCC. The lowest BCUT2D eigenvalue weighted by Gasteiger charge is -2.18. The zero-order chi connectivity index (χ0) is 34.9. The molecule has 1 N–H and O–H groups in total. The second kappa shape index (κ2) is 33.0. The van der Waals surface area contributed by atoms with Crippen LogP contribution in [0.5, 0.6) is 0 Å². The number of carbonyl (C=O) groups excluding carboxylic acids is 3. The zero-order valence-electron chi connectivity index (χ0n) is 30.2. The van der Waals surface area contributed by atoms with E-state index in [9.17, 15) is 23.8 Å². The third-order valence-electron chi connectivity index (χ3n) is 8.14. The Balaban J connectivity index is 4.39. The Hall–Kier alpha value is -1.48. The van der Waals surface area contributed by atoms with Crippen molar-refractivity contribution in [2.75, 3.05) is 26.9 Å². The van der Waals surface area contributed by atoms with E-state index in [0.717, 1.165) is 64.9 Å². The lowest BCUT2D eigenvalue weighted by Crippen LogP contribution is -2.30. The molecule has 0 aliphatic carbocycles. The van der Waals surface area contributed by atoms with Crippen LogP contribution in [0, 0.1) is 0 Å². The Bertz CT molecular complexity index is 807. The van der Waals surface area contributed by atoms with Gasteiger partial charge in [-0.2, -0.15) is 0 Å². The molecular weight excluding hydrogens is 623 g/mol. The van der Waals surface area contributed by atoms with Gasteiger partial charge < -0.3 is 19.1 Å². The van der Waals surface area contributed by atoms with Crippen LogP contribution in [-0.2, 0) is 42.2 Å². The second-order valence-corrected chi connectivity index (χ2v) is 14.2. The molecule has 0 saturated carbocycles. The van der Waals surface area contributed by atoms with E-state index in [-0.39, 0.29) is 38.2 Å². The summed E-state index contributed by atoms with van der Waals surface area (Å²) in [5.41, 5.74) is 0. The standard InChI is InChI=1S/C36H69O10P/c1-4-6-8-10-12-14-16-19-23-27-34(37)43-31-33(46-36(39)29-25-20-17-15-13-11-9-7-5-2)32-44-35(38)28-24-21-18-22-26-30-45-47(40,41)42-3/h33H,4-32H2,1-3H3,(H,40,41)/t33-/m1/s1. The van der Waals surface area contributed by atoms with Crippen LogP contribution in [0.15, 0.2) is 0 Å². The fourth-order valence-electron chi connectivity index (χ4n) is 5.17. The summed E-state index contributed by atoms with van der Waals surface area (Å²) in [5, 5.41) is 0. The van der Waals surface area contributed by atoms with Gasteiger partial charge in [-0.3, -0.25) is 23.4 Å². The summed E-state index contributed by atoms with van der Waals surface area (Å²) in [6, 6.07) is 0. The largest absolute Gasteiger partial charge is 0.471 e. The van der Waals surface area contributed by atoms with Crippen LogP contribution in [0.2, 0.25) is 0 Å². The van der Waals surface area contributed by atoms with Gasteiger partial charge in [-0.05, 0) is 25.7 Å². The summed E-state index contributed by atoms with van der Waals surface area (Å²) < 4.78 is 36.8. The highest BCUT2D eigenvalue weighted by Crippen LogP contribution is 2.41. The normalized spacial score (nSPS) is 13.2. The van der Waals surface area contributed by atoms with Gasteiger partial charge in [0.2, 0.25) is 0 Å². The van der Waals surface area contributed by atoms with E-state index in [4.69, 9.17) is 18.7 Å². The topological polar surface area (TPSA) is 135 Å². The van der Waals surface area contributed by atoms with E-state index in [1.165, 1.54) is 77.0 Å². The van der Waals surface area contributed by atoms with Crippen molar-refractivity contribution < 1.29 is 47.1 Å². The number of carbonyl (C=O) groups is 3. The third kappa shape index (κ3) is 32.8. The molecule has 11 heteroatoms. The third-order valence-corrected chi connectivity index (χ3v) is 9.11. The average Bonchev–Trinajstić information content (AvgIpc) is 3.05. The number of ether oxygens (including phenoxy) is 3. The van der Waals surface area contributed by atoms with Crippen molar-refractivity contribution in [3.8, 4) is 0 Å². The summed E-state index contributed by atoms with van der Waals surface area (Å²) in [7, 11) is -2.81. The first kappa shape index (κ1) is 45.5. The van der Waals surface area contributed by atoms with E-state index in [2.05, 4.69) is 18.4 Å². The first-order chi connectivity index (χ1) is 22.7. The lowest BCUT2D eigenvalue weighted by atomic mass is 10.1. The molecule has 0 aromatic heterocycles. The number of hydrogen-bond acceptors (Lipinski definition) is 9.